The number of nitrogens with zero attached hydrogens (tertiary/aromatic N) is 2. The van der Waals surface area contributed by atoms with Gasteiger partial charge in [0.05, 0.1) is 6.54 Å². The molecule has 1 aliphatic rings. The minimum absolute atomic E-state index is 0.216. The second-order valence-electron chi connectivity index (χ2n) is 4.82. The summed E-state index contributed by atoms with van der Waals surface area (Å²) >= 11 is 0. The fourth-order valence-electron chi connectivity index (χ4n) is 2.28. The molecular formula is C14H21N3O. The number of hydrogen-bond donors (Lipinski definition) is 1. The van der Waals surface area contributed by atoms with Crippen molar-refractivity contribution in [2.24, 2.45) is 5.73 Å². The number of anilines is 1. The fraction of sp³-hybridized carbons (Fsp3) is 0.500. The van der Waals surface area contributed by atoms with E-state index in [0.29, 0.717) is 13.1 Å². The highest BCUT2D eigenvalue weighted by molar-refractivity contribution is 5.81. The van der Waals surface area contributed by atoms with E-state index in [9.17, 15) is 4.79 Å². The molecule has 0 unspecified atom stereocenters. The van der Waals surface area contributed by atoms with Crippen molar-refractivity contribution in [3.63, 3.8) is 0 Å². The zero-order chi connectivity index (χ0) is 13.0. The molecule has 0 spiro atoms. The first kappa shape index (κ1) is 12.9. The van der Waals surface area contributed by atoms with E-state index >= 15 is 0 Å². The molecule has 1 aromatic rings. The van der Waals surface area contributed by atoms with Crippen molar-refractivity contribution in [1.29, 1.82) is 0 Å². The summed E-state index contributed by atoms with van der Waals surface area (Å²) in [5, 5.41) is 0. The predicted molar refractivity (Wildman–Crippen MR) is 73.4 cm³/mol. The number of carbonyl (C=O) groups is 1. The maximum atomic E-state index is 12.0. The molecule has 0 radical (unpaired) electrons. The van der Waals surface area contributed by atoms with Gasteiger partial charge in [0.1, 0.15) is 0 Å². The molecule has 2 N–H and O–H groups in total. The molecule has 1 aromatic carbocycles. The van der Waals surface area contributed by atoms with Gasteiger partial charge in [0.15, 0.2) is 0 Å². The van der Waals surface area contributed by atoms with Crippen molar-refractivity contribution in [3.8, 4) is 0 Å². The summed E-state index contributed by atoms with van der Waals surface area (Å²) in [5.74, 6) is 0.216. The summed E-state index contributed by atoms with van der Waals surface area (Å²) in [6.07, 6.45) is 2.27. The first-order chi connectivity index (χ1) is 8.70. The van der Waals surface area contributed by atoms with Gasteiger partial charge in [-0.25, -0.2) is 0 Å². The topological polar surface area (TPSA) is 49.6 Å². The monoisotopic (exact) mass is 247 g/mol. The Morgan fingerprint density at radius 2 is 2.11 bits per heavy atom. The van der Waals surface area contributed by atoms with Crippen LogP contribution in [-0.2, 0) is 11.3 Å². The smallest absolute Gasteiger partial charge is 0.242 e. The molecule has 1 heterocycles. The van der Waals surface area contributed by atoms with Gasteiger partial charge < -0.3 is 15.5 Å². The van der Waals surface area contributed by atoms with Gasteiger partial charge in [0.25, 0.3) is 0 Å². The lowest BCUT2D eigenvalue weighted by atomic mass is 10.2. The molecule has 4 nitrogen and oxygen atoms in total. The molecular weight excluding hydrogens is 226 g/mol. The van der Waals surface area contributed by atoms with Gasteiger partial charge in [-0.3, -0.25) is 4.79 Å². The predicted octanol–water partition coefficient (Wildman–Crippen LogP) is 1.20. The number of carbonyl (C=O) groups excluding carboxylic acids is 1. The Kier molecular flexibility index (Phi) is 4.20. The van der Waals surface area contributed by atoms with E-state index < -0.39 is 0 Å². The number of rotatable bonds is 4. The Morgan fingerprint density at radius 1 is 1.39 bits per heavy atom. The van der Waals surface area contributed by atoms with E-state index in [0.717, 1.165) is 37.2 Å². The average molecular weight is 247 g/mol. The third-order valence-corrected chi connectivity index (χ3v) is 3.42. The van der Waals surface area contributed by atoms with Crippen molar-refractivity contribution < 1.29 is 4.79 Å². The zero-order valence-corrected chi connectivity index (χ0v) is 10.9. The lowest BCUT2D eigenvalue weighted by Gasteiger charge is -2.23. The average Bonchev–Trinajstić information content (AvgIpc) is 2.92. The fourth-order valence-corrected chi connectivity index (χ4v) is 2.28. The molecule has 1 fully saturated rings. The first-order valence-corrected chi connectivity index (χ1v) is 6.48. The van der Waals surface area contributed by atoms with Crippen molar-refractivity contribution in [2.75, 3.05) is 31.6 Å². The van der Waals surface area contributed by atoms with Crippen LogP contribution in [0.25, 0.3) is 0 Å². The van der Waals surface area contributed by atoms with Gasteiger partial charge in [-0.15, -0.1) is 0 Å². The molecule has 4 heteroatoms. The van der Waals surface area contributed by atoms with Crippen LogP contribution in [0.3, 0.4) is 0 Å². The molecule has 2 rings (SSSR count). The number of likely N-dealkylation sites (N-methyl/N-ethyl adjacent to an activating group) is 1. The molecule has 0 aliphatic carbocycles. The third kappa shape index (κ3) is 3.01. The van der Waals surface area contributed by atoms with Crippen LogP contribution in [-0.4, -0.2) is 37.5 Å². The Morgan fingerprint density at radius 3 is 2.78 bits per heavy atom. The van der Waals surface area contributed by atoms with E-state index in [-0.39, 0.29) is 5.91 Å². The van der Waals surface area contributed by atoms with Gasteiger partial charge >= 0.3 is 0 Å². The maximum absolute atomic E-state index is 12.0. The normalized spacial score (nSPS) is 14.9. The number of likely N-dealkylation sites (tertiary alicyclic amines) is 1. The second kappa shape index (κ2) is 5.87. The van der Waals surface area contributed by atoms with Crippen molar-refractivity contribution in [2.45, 2.75) is 19.4 Å². The summed E-state index contributed by atoms with van der Waals surface area (Å²) in [6.45, 7) is 2.79. The maximum Gasteiger partial charge on any atom is 0.242 e. The molecule has 18 heavy (non-hydrogen) atoms. The van der Waals surface area contributed by atoms with E-state index in [1.54, 1.807) is 0 Å². The summed E-state index contributed by atoms with van der Waals surface area (Å²) in [5.41, 5.74) is 7.76. The van der Waals surface area contributed by atoms with Gasteiger partial charge in [0.2, 0.25) is 5.91 Å². The SMILES string of the molecule is CN(CC(=O)N1CCCC1)c1cccc(CN)c1. The number of benzene rings is 1. The summed E-state index contributed by atoms with van der Waals surface area (Å²) in [4.78, 5) is 16.0. The van der Waals surface area contributed by atoms with Crippen LogP contribution in [0.15, 0.2) is 24.3 Å². The standard InChI is InChI=1S/C14H21N3O/c1-16(11-14(18)17-7-2-3-8-17)13-6-4-5-12(9-13)10-15/h4-6,9H,2-3,7-8,10-11,15H2,1H3. The van der Waals surface area contributed by atoms with E-state index in [1.165, 1.54) is 0 Å². The molecule has 0 bridgehead atoms. The number of nitrogens with two attached hydrogens (primary N) is 1. The molecule has 98 valence electrons. The summed E-state index contributed by atoms with van der Waals surface area (Å²) < 4.78 is 0. The van der Waals surface area contributed by atoms with Crippen molar-refractivity contribution in [3.05, 3.63) is 29.8 Å². The van der Waals surface area contributed by atoms with Gasteiger partial charge in [0, 0.05) is 32.4 Å². The van der Waals surface area contributed by atoms with Crippen molar-refractivity contribution in [1.82, 2.24) is 4.90 Å². The van der Waals surface area contributed by atoms with Gasteiger partial charge in [-0.1, -0.05) is 12.1 Å². The molecule has 0 atom stereocenters. The molecule has 0 saturated carbocycles. The highest BCUT2D eigenvalue weighted by Crippen LogP contribution is 2.15. The molecule has 1 amide bonds. The lowest BCUT2D eigenvalue weighted by Crippen LogP contribution is -2.37. The molecule has 1 saturated heterocycles. The Balaban J connectivity index is 1.97. The van der Waals surface area contributed by atoms with Crippen LogP contribution in [0.1, 0.15) is 18.4 Å². The first-order valence-electron chi connectivity index (χ1n) is 6.48. The number of hydrogen-bond acceptors (Lipinski definition) is 3. The van der Waals surface area contributed by atoms with Crippen LogP contribution < -0.4 is 10.6 Å². The quantitative estimate of drug-likeness (QED) is 0.870. The van der Waals surface area contributed by atoms with E-state index in [2.05, 4.69) is 0 Å². The van der Waals surface area contributed by atoms with Crippen LogP contribution in [0, 0.1) is 0 Å². The van der Waals surface area contributed by atoms with Crippen LogP contribution in [0.5, 0.6) is 0 Å². The third-order valence-electron chi connectivity index (χ3n) is 3.42. The zero-order valence-electron chi connectivity index (χ0n) is 10.9. The molecule has 0 aromatic heterocycles. The Bertz CT molecular complexity index is 413. The summed E-state index contributed by atoms with van der Waals surface area (Å²) in [6, 6.07) is 8.03. The Labute approximate surface area is 108 Å². The van der Waals surface area contributed by atoms with Crippen LogP contribution in [0.2, 0.25) is 0 Å². The van der Waals surface area contributed by atoms with Crippen LogP contribution in [0.4, 0.5) is 5.69 Å². The largest absolute Gasteiger partial charge is 0.365 e. The van der Waals surface area contributed by atoms with E-state index in [1.807, 2.05) is 41.1 Å². The van der Waals surface area contributed by atoms with Gasteiger partial charge in [-0.2, -0.15) is 0 Å². The van der Waals surface area contributed by atoms with Crippen molar-refractivity contribution >= 4 is 11.6 Å². The summed E-state index contributed by atoms with van der Waals surface area (Å²) in [7, 11) is 1.95. The highest BCUT2D eigenvalue weighted by atomic mass is 16.2. The number of amides is 1. The van der Waals surface area contributed by atoms with Gasteiger partial charge in [-0.05, 0) is 30.5 Å². The lowest BCUT2D eigenvalue weighted by molar-refractivity contribution is -0.128. The second-order valence-corrected chi connectivity index (χ2v) is 4.82. The van der Waals surface area contributed by atoms with Crippen LogP contribution >= 0.6 is 0 Å². The highest BCUT2D eigenvalue weighted by Gasteiger charge is 2.19. The minimum atomic E-state index is 0.216. The van der Waals surface area contributed by atoms with E-state index in [4.69, 9.17) is 5.73 Å². The molecule has 1 aliphatic heterocycles. The minimum Gasteiger partial charge on any atom is -0.365 e. The Hall–Kier alpha value is -1.55.